The Labute approximate surface area is 150 Å². The summed E-state index contributed by atoms with van der Waals surface area (Å²) in [6.07, 6.45) is 5.91. The van der Waals surface area contributed by atoms with E-state index in [9.17, 15) is 9.59 Å². The SMILES string of the molecule is CSCCCN1C[C@@H](NC(=O)CN2CCCCC2=O)[C@H](C(C)C)C1. The van der Waals surface area contributed by atoms with Gasteiger partial charge in [0.2, 0.25) is 11.8 Å². The second-order valence-corrected chi connectivity index (χ2v) is 8.45. The number of amides is 2. The molecule has 0 aromatic carbocycles. The molecule has 138 valence electrons. The van der Waals surface area contributed by atoms with Crippen molar-refractivity contribution in [1.29, 1.82) is 0 Å². The number of hydrogen-bond donors (Lipinski definition) is 1. The smallest absolute Gasteiger partial charge is 0.239 e. The second kappa shape index (κ2) is 9.66. The zero-order chi connectivity index (χ0) is 17.5. The normalized spacial score (nSPS) is 25.5. The summed E-state index contributed by atoms with van der Waals surface area (Å²) in [6, 6.07) is 0.215. The summed E-state index contributed by atoms with van der Waals surface area (Å²) in [6.45, 7) is 8.56. The fraction of sp³-hybridized carbons (Fsp3) is 0.889. The number of nitrogens with one attached hydrogen (secondary N) is 1. The Kier molecular flexibility index (Phi) is 7.88. The summed E-state index contributed by atoms with van der Waals surface area (Å²) in [5.74, 6) is 2.38. The van der Waals surface area contributed by atoms with Crippen molar-refractivity contribution >= 4 is 23.6 Å². The van der Waals surface area contributed by atoms with E-state index in [-0.39, 0.29) is 24.4 Å². The van der Waals surface area contributed by atoms with E-state index < -0.39 is 0 Å². The van der Waals surface area contributed by atoms with E-state index in [4.69, 9.17) is 0 Å². The predicted molar refractivity (Wildman–Crippen MR) is 100 cm³/mol. The molecule has 2 amide bonds. The van der Waals surface area contributed by atoms with Crippen molar-refractivity contribution in [3.05, 3.63) is 0 Å². The molecule has 0 aliphatic carbocycles. The van der Waals surface area contributed by atoms with Crippen LogP contribution in [0.3, 0.4) is 0 Å². The van der Waals surface area contributed by atoms with Gasteiger partial charge < -0.3 is 15.1 Å². The minimum Gasteiger partial charge on any atom is -0.350 e. The quantitative estimate of drug-likeness (QED) is 0.675. The topological polar surface area (TPSA) is 52.7 Å². The number of nitrogens with zero attached hydrogens (tertiary/aromatic N) is 2. The molecule has 2 saturated heterocycles. The van der Waals surface area contributed by atoms with Gasteiger partial charge in [-0.2, -0.15) is 11.8 Å². The minimum atomic E-state index is 0.00636. The Morgan fingerprint density at radius 3 is 2.79 bits per heavy atom. The Bertz CT molecular complexity index is 430. The van der Waals surface area contributed by atoms with Crippen LogP contribution >= 0.6 is 11.8 Å². The van der Waals surface area contributed by atoms with E-state index in [0.29, 0.717) is 18.3 Å². The number of carbonyl (C=O) groups is 2. The van der Waals surface area contributed by atoms with Crippen LogP contribution in [0.5, 0.6) is 0 Å². The van der Waals surface area contributed by atoms with Crippen LogP contribution in [0, 0.1) is 11.8 Å². The lowest BCUT2D eigenvalue weighted by Crippen LogP contribution is -2.48. The van der Waals surface area contributed by atoms with Gasteiger partial charge in [-0.3, -0.25) is 9.59 Å². The Hall–Kier alpha value is -0.750. The highest BCUT2D eigenvalue weighted by Gasteiger charge is 2.35. The van der Waals surface area contributed by atoms with Gasteiger partial charge in [-0.05, 0) is 49.7 Å². The highest BCUT2D eigenvalue weighted by Crippen LogP contribution is 2.24. The number of carbonyl (C=O) groups excluding carboxylic acids is 2. The van der Waals surface area contributed by atoms with Crippen molar-refractivity contribution in [2.75, 3.05) is 44.7 Å². The lowest BCUT2D eigenvalue weighted by atomic mass is 9.91. The van der Waals surface area contributed by atoms with Gasteiger partial charge in [0, 0.05) is 32.1 Å². The van der Waals surface area contributed by atoms with E-state index in [1.54, 1.807) is 4.90 Å². The molecule has 0 aromatic rings. The van der Waals surface area contributed by atoms with Crippen molar-refractivity contribution in [3.8, 4) is 0 Å². The van der Waals surface area contributed by atoms with Crippen molar-refractivity contribution in [3.63, 3.8) is 0 Å². The van der Waals surface area contributed by atoms with Gasteiger partial charge in [-0.1, -0.05) is 13.8 Å². The molecule has 0 unspecified atom stereocenters. The van der Waals surface area contributed by atoms with Crippen molar-refractivity contribution in [1.82, 2.24) is 15.1 Å². The molecule has 2 heterocycles. The van der Waals surface area contributed by atoms with Crippen LogP contribution in [0.25, 0.3) is 0 Å². The Morgan fingerprint density at radius 1 is 1.33 bits per heavy atom. The van der Waals surface area contributed by atoms with E-state index in [2.05, 4.69) is 30.3 Å². The zero-order valence-corrected chi connectivity index (χ0v) is 16.2. The summed E-state index contributed by atoms with van der Waals surface area (Å²) in [4.78, 5) is 28.5. The molecular formula is C18H33N3O2S. The fourth-order valence-electron chi connectivity index (χ4n) is 3.81. The van der Waals surface area contributed by atoms with Crippen LogP contribution in [0.15, 0.2) is 0 Å². The largest absolute Gasteiger partial charge is 0.350 e. The van der Waals surface area contributed by atoms with Crippen LogP contribution in [0.4, 0.5) is 0 Å². The molecule has 5 nitrogen and oxygen atoms in total. The molecule has 6 heteroatoms. The molecule has 2 aliphatic heterocycles. The second-order valence-electron chi connectivity index (χ2n) is 7.46. The van der Waals surface area contributed by atoms with Gasteiger partial charge in [0.25, 0.3) is 0 Å². The lowest BCUT2D eigenvalue weighted by molar-refractivity contribution is -0.138. The standard InChI is InChI=1S/C18H33N3O2S/c1-14(2)15-11-20(8-6-10-24-3)12-16(15)19-17(22)13-21-9-5-4-7-18(21)23/h14-16H,4-13H2,1-3H3,(H,19,22)/t15-,16+/m0/s1. The van der Waals surface area contributed by atoms with Gasteiger partial charge in [0.15, 0.2) is 0 Å². The first-order valence-corrected chi connectivity index (χ1v) is 10.7. The van der Waals surface area contributed by atoms with Crippen molar-refractivity contribution in [2.24, 2.45) is 11.8 Å². The Balaban J connectivity index is 1.83. The number of likely N-dealkylation sites (tertiary alicyclic amines) is 2. The molecule has 0 saturated carbocycles. The summed E-state index contributed by atoms with van der Waals surface area (Å²) < 4.78 is 0. The van der Waals surface area contributed by atoms with E-state index in [1.165, 1.54) is 12.2 Å². The minimum absolute atomic E-state index is 0.00636. The molecule has 2 fully saturated rings. The van der Waals surface area contributed by atoms with E-state index in [1.807, 2.05) is 11.8 Å². The number of rotatable bonds is 8. The average Bonchev–Trinajstić information content (AvgIpc) is 2.93. The van der Waals surface area contributed by atoms with E-state index in [0.717, 1.165) is 39.0 Å². The van der Waals surface area contributed by atoms with Crippen LogP contribution in [-0.2, 0) is 9.59 Å². The first kappa shape index (κ1) is 19.6. The maximum Gasteiger partial charge on any atom is 0.239 e. The van der Waals surface area contributed by atoms with Crippen LogP contribution in [0.1, 0.15) is 39.5 Å². The fourth-order valence-corrected chi connectivity index (χ4v) is 4.23. The van der Waals surface area contributed by atoms with Crippen LogP contribution < -0.4 is 5.32 Å². The van der Waals surface area contributed by atoms with Crippen molar-refractivity contribution < 1.29 is 9.59 Å². The summed E-state index contributed by atoms with van der Waals surface area (Å²) in [5.41, 5.74) is 0. The van der Waals surface area contributed by atoms with Gasteiger partial charge in [-0.15, -0.1) is 0 Å². The first-order chi connectivity index (χ1) is 11.5. The Morgan fingerprint density at radius 2 is 2.12 bits per heavy atom. The summed E-state index contributed by atoms with van der Waals surface area (Å²) in [7, 11) is 0. The monoisotopic (exact) mass is 355 g/mol. The lowest BCUT2D eigenvalue weighted by Gasteiger charge is -2.28. The molecule has 0 bridgehead atoms. The number of thioether (sulfide) groups is 1. The highest BCUT2D eigenvalue weighted by atomic mass is 32.2. The third-order valence-electron chi connectivity index (χ3n) is 5.22. The molecule has 24 heavy (non-hydrogen) atoms. The predicted octanol–water partition coefficient (Wildman–Crippen LogP) is 1.82. The molecule has 1 N–H and O–H groups in total. The van der Waals surface area contributed by atoms with Gasteiger partial charge in [0.1, 0.15) is 0 Å². The van der Waals surface area contributed by atoms with Gasteiger partial charge >= 0.3 is 0 Å². The highest BCUT2D eigenvalue weighted by molar-refractivity contribution is 7.98. The average molecular weight is 356 g/mol. The van der Waals surface area contributed by atoms with Gasteiger partial charge in [0.05, 0.1) is 6.54 Å². The molecule has 0 aromatic heterocycles. The molecule has 0 spiro atoms. The van der Waals surface area contributed by atoms with Crippen LogP contribution in [-0.4, -0.2) is 72.4 Å². The van der Waals surface area contributed by atoms with Crippen LogP contribution in [0.2, 0.25) is 0 Å². The third kappa shape index (κ3) is 5.66. The maximum atomic E-state index is 12.4. The zero-order valence-electron chi connectivity index (χ0n) is 15.4. The molecule has 2 aliphatic rings. The molecule has 2 rings (SSSR count). The number of piperidine rings is 1. The molecule has 0 radical (unpaired) electrons. The first-order valence-electron chi connectivity index (χ1n) is 9.29. The molecule has 2 atom stereocenters. The van der Waals surface area contributed by atoms with E-state index >= 15 is 0 Å². The third-order valence-corrected chi connectivity index (χ3v) is 5.92. The van der Waals surface area contributed by atoms with Crippen molar-refractivity contribution in [2.45, 2.75) is 45.6 Å². The molecular weight excluding hydrogens is 322 g/mol. The number of hydrogen-bond acceptors (Lipinski definition) is 4. The maximum absolute atomic E-state index is 12.4. The van der Waals surface area contributed by atoms with Gasteiger partial charge in [-0.25, -0.2) is 0 Å². The summed E-state index contributed by atoms with van der Waals surface area (Å²) in [5, 5.41) is 3.22. The summed E-state index contributed by atoms with van der Waals surface area (Å²) >= 11 is 1.89.